The Morgan fingerprint density at radius 2 is 1.92 bits per heavy atom. The van der Waals surface area contributed by atoms with E-state index in [-0.39, 0.29) is 11.3 Å². The minimum atomic E-state index is -0.0725. The lowest BCUT2D eigenvalue weighted by Gasteiger charge is -2.18. The molecule has 1 heterocycles. The molecule has 8 heteroatoms. The third kappa shape index (κ3) is 5.10. The molecule has 130 valence electrons. The Balaban J connectivity index is 1.98. The van der Waals surface area contributed by atoms with E-state index in [4.69, 9.17) is 9.47 Å². The van der Waals surface area contributed by atoms with Gasteiger partial charge < -0.3 is 14.8 Å². The van der Waals surface area contributed by atoms with Gasteiger partial charge in [0.2, 0.25) is 5.13 Å². The summed E-state index contributed by atoms with van der Waals surface area (Å²) in [6.07, 6.45) is 0. The minimum absolute atomic E-state index is 0.00137. The van der Waals surface area contributed by atoms with E-state index in [2.05, 4.69) is 36.3 Å². The van der Waals surface area contributed by atoms with Gasteiger partial charge in [-0.25, -0.2) is 0 Å². The largest absolute Gasteiger partial charge is 0.493 e. The van der Waals surface area contributed by atoms with E-state index >= 15 is 0 Å². The molecule has 2 rings (SSSR count). The number of benzene rings is 1. The highest BCUT2D eigenvalue weighted by Crippen LogP contribution is 2.30. The Morgan fingerprint density at radius 1 is 1.21 bits per heavy atom. The van der Waals surface area contributed by atoms with Crippen molar-refractivity contribution in [3.8, 4) is 11.5 Å². The molecule has 0 fully saturated rings. The maximum atomic E-state index is 12.3. The lowest BCUT2D eigenvalue weighted by atomic mass is 10.1. The van der Waals surface area contributed by atoms with Gasteiger partial charge in [0, 0.05) is 11.1 Å². The number of thioether (sulfide) groups is 1. The zero-order valence-corrected chi connectivity index (χ0v) is 16.0. The Morgan fingerprint density at radius 3 is 2.54 bits per heavy atom. The topological polar surface area (TPSA) is 73.3 Å². The summed E-state index contributed by atoms with van der Waals surface area (Å²) in [5.74, 6) is 1.44. The van der Waals surface area contributed by atoms with Crippen molar-refractivity contribution in [3.05, 3.63) is 23.8 Å². The average molecular weight is 367 g/mol. The Bertz CT molecular complexity index is 711. The third-order valence-electron chi connectivity index (χ3n) is 2.92. The summed E-state index contributed by atoms with van der Waals surface area (Å²) in [6.45, 7) is 6.17. The molecule has 0 aliphatic carbocycles. The van der Waals surface area contributed by atoms with Crippen LogP contribution in [0.3, 0.4) is 0 Å². The molecule has 1 aromatic heterocycles. The number of carbonyl (C=O) groups excluding carboxylic acids is 1. The predicted octanol–water partition coefficient (Wildman–Crippen LogP) is 3.74. The quantitative estimate of drug-likeness (QED) is 0.590. The first-order valence-corrected chi connectivity index (χ1v) is 9.12. The van der Waals surface area contributed by atoms with Gasteiger partial charge in [0.15, 0.2) is 21.6 Å². The van der Waals surface area contributed by atoms with Gasteiger partial charge in [0.05, 0.1) is 20.0 Å². The number of methoxy groups -OCH3 is 2. The maximum Gasteiger partial charge on any atom is 0.206 e. The summed E-state index contributed by atoms with van der Waals surface area (Å²) in [6, 6.07) is 5.15. The van der Waals surface area contributed by atoms with Crippen molar-refractivity contribution >= 4 is 34.0 Å². The highest BCUT2D eigenvalue weighted by Gasteiger charge is 2.15. The molecule has 0 bridgehead atoms. The van der Waals surface area contributed by atoms with Crippen LogP contribution in [0.1, 0.15) is 31.1 Å². The van der Waals surface area contributed by atoms with Crippen LogP contribution in [0.4, 0.5) is 5.13 Å². The number of nitrogens with one attached hydrogen (secondary N) is 1. The van der Waals surface area contributed by atoms with Crippen LogP contribution in [-0.2, 0) is 0 Å². The second kappa shape index (κ2) is 7.85. The van der Waals surface area contributed by atoms with Crippen LogP contribution in [-0.4, -0.2) is 41.5 Å². The van der Waals surface area contributed by atoms with E-state index < -0.39 is 0 Å². The molecule has 1 aromatic carbocycles. The number of ether oxygens (including phenoxy) is 2. The van der Waals surface area contributed by atoms with Crippen LogP contribution >= 0.6 is 23.1 Å². The van der Waals surface area contributed by atoms with Crippen molar-refractivity contribution < 1.29 is 14.3 Å². The summed E-state index contributed by atoms with van der Waals surface area (Å²) in [4.78, 5) is 12.3. The molecule has 1 N–H and O–H groups in total. The number of ketones is 1. The number of Topliss-reactive ketones (excluding diaryl/α,β-unsaturated/α-hetero) is 1. The van der Waals surface area contributed by atoms with Crippen molar-refractivity contribution in [2.45, 2.75) is 30.6 Å². The van der Waals surface area contributed by atoms with Crippen LogP contribution in [0.25, 0.3) is 0 Å². The van der Waals surface area contributed by atoms with Crippen LogP contribution in [0.15, 0.2) is 22.5 Å². The molecule has 24 heavy (non-hydrogen) atoms. The number of aromatic nitrogens is 2. The van der Waals surface area contributed by atoms with Gasteiger partial charge in [0.1, 0.15) is 0 Å². The Hall–Kier alpha value is -1.80. The van der Waals surface area contributed by atoms with Crippen LogP contribution in [0.2, 0.25) is 0 Å². The summed E-state index contributed by atoms with van der Waals surface area (Å²) < 4.78 is 11.2. The van der Waals surface area contributed by atoms with Crippen LogP contribution < -0.4 is 14.8 Å². The lowest BCUT2D eigenvalue weighted by molar-refractivity contribution is 0.102. The van der Waals surface area contributed by atoms with Crippen molar-refractivity contribution in [1.29, 1.82) is 0 Å². The number of nitrogens with zero attached hydrogens (tertiary/aromatic N) is 2. The standard InChI is InChI=1S/C16H21N3O3S2/c1-16(2,3)17-14-18-19-15(24-14)23-9-11(20)10-6-7-12(21-4)13(8-10)22-5/h6-8H,9H2,1-5H3,(H,17,18). The predicted molar refractivity (Wildman–Crippen MR) is 97.9 cm³/mol. The zero-order chi connectivity index (χ0) is 17.7. The third-order valence-corrected chi connectivity index (χ3v) is 4.89. The minimum Gasteiger partial charge on any atom is -0.493 e. The second-order valence-electron chi connectivity index (χ2n) is 6.03. The van der Waals surface area contributed by atoms with E-state index in [1.165, 1.54) is 23.1 Å². The molecule has 0 atom stereocenters. The van der Waals surface area contributed by atoms with Crippen LogP contribution in [0, 0.1) is 0 Å². The second-order valence-corrected chi connectivity index (χ2v) is 8.23. The molecule has 2 aromatic rings. The molecular weight excluding hydrogens is 346 g/mol. The molecule has 6 nitrogen and oxygen atoms in total. The highest BCUT2D eigenvalue weighted by molar-refractivity contribution is 8.01. The fourth-order valence-corrected chi connectivity index (χ4v) is 3.71. The molecular formula is C16H21N3O3S2. The number of hydrogen-bond acceptors (Lipinski definition) is 8. The van der Waals surface area contributed by atoms with E-state index in [9.17, 15) is 4.79 Å². The molecule has 0 radical (unpaired) electrons. The SMILES string of the molecule is COc1ccc(C(=O)CSc2nnc(NC(C)(C)C)s2)cc1OC. The zero-order valence-electron chi connectivity index (χ0n) is 14.4. The van der Waals surface area contributed by atoms with Crippen molar-refractivity contribution in [2.75, 3.05) is 25.3 Å². The van der Waals surface area contributed by atoms with Crippen molar-refractivity contribution in [2.24, 2.45) is 0 Å². The number of anilines is 1. The number of carbonyl (C=O) groups is 1. The highest BCUT2D eigenvalue weighted by atomic mass is 32.2. The monoisotopic (exact) mass is 367 g/mol. The van der Waals surface area contributed by atoms with Crippen molar-refractivity contribution in [1.82, 2.24) is 10.2 Å². The first kappa shape index (κ1) is 18.5. The van der Waals surface area contributed by atoms with E-state index in [0.717, 1.165) is 9.47 Å². The van der Waals surface area contributed by atoms with Crippen molar-refractivity contribution in [3.63, 3.8) is 0 Å². The molecule has 0 amide bonds. The summed E-state index contributed by atoms with van der Waals surface area (Å²) in [5.41, 5.74) is 0.509. The molecule has 0 saturated heterocycles. The van der Waals surface area contributed by atoms with E-state index in [1.807, 2.05) is 0 Å². The van der Waals surface area contributed by atoms with Gasteiger partial charge >= 0.3 is 0 Å². The van der Waals surface area contributed by atoms with Gasteiger partial charge in [0.25, 0.3) is 0 Å². The van der Waals surface area contributed by atoms with E-state index in [0.29, 0.717) is 22.8 Å². The summed E-state index contributed by atoms with van der Waals surface area (Å²) >= 11 is 2.82. The number of hydrogen-bond donors (Lipinski definition) is 1. The molecule has 0 saturated carbocycles. The summed E-state index contributed by atoms with van der Waals surface area (Å²) in [7, 11) is 3.11. The lowest BCUT2D eigenvalue weighted by Crippen LogP contribution is -2.25. The smallest absolute Gasteiger partial charge is 0.206 e. The first-order valence-electron chi connectivity index (χ1n) is 7.32. The fraction of sp³-hybridized carbons (Fsp3) is 0.438. The van der Waals surface area contributed by atoms with Crippen LogP contribution in [0.5, 0.6) is 11.5 Å². The average Bonchev–Trinajstić information content (AvgIpc) is 2.97. The van der Waals surface area contributed by atoms with E-state index in [1.54, 1.807) is 32.4 Å². The normalized spacial score (nSPS) is 11.2. The summed E-state index contributed by atoms with van der Waals surface area (Å²) in [5, 5.41) is 12.2. The fourth-order valence-electron chi connectivity index (χ4n) is 1.86. The van der Waals surface area contributed by atoms with Gasteiger partial charge in [-0.05, 0) is 39.0 Å². The van der Waals surface area contributed by atoms with Gasteiger partial charge in [-0.15, -0.1) is 10.2 Å². The van der Waals surface area contributed by atoms with Gasteiger partial charge in [-0.1, -0.05) is 23.1 Å². The Kier molecular flexibility index (Phi) is 6.06. The Labute approximate surface area is 150 Å². The molecule has 0 aliphatic heterocycles. The number of rotatable bonds is 7. The molecule has 0 aliphatic rings. The first-order chi connectivity index (χ1) is 11.3. The molecule has 0 unspecified atom stereocenters. The molecule has 0 spiro atoms. The van der Waals surface area contributed by atoms with Gasteiger partial charge in [-0.2, -0.15) is 0 Å². The van der Waals surface area contributed by atoms with Gasteiger partial charge in [-0.3, -0.25) is 4.79 Å². The maximum absolute atomic E-state index is 12.3.